The maximum absolute atomic E-state index is 14.3. The molecule has 7 rings (SSSR count). The van der Waals surface area contributed by atoms with Gasteiger partial charge in [-0.15, -0.1) is 0 Å². The highest BCUT2D eigenvalue weighted by Gasteiger charge is 2.37. The first kappa shape index (κ1) is 45.1. The molecule has 3 aliphatic rings. The number of ether oxygens (including phenoxy) is 4. The summed E-state index contributed by atoms with van der Waals surface area (Å²) in [6.07, 6.45) is 4.84. The average molecular weight is 865 g/mol. The summed E-state index contributed by atoms with van der Waals surface area (Å²) in [4.78, 5) is 70.4. The molecule has 2 fully saturated rings. The molecule has 15 heteroatoms. The van der Waals surface area contributed by atoms with Gasteiger partial charge in [-0.05, 0) is 53.1 Å². The summed E-state index contributed by atoms with van der Waals surface area (Å²) in [5, 5.41) is 9.26. The molecular formula is C48H60N6O9. The van der Waals surface area contributed by atoms with Crippen LogP contribution >= 0.6 is 0 Å². The highest BCUT2D eigenvalue weighted by Crippen LogP contribution is 2.44. The number of piperazine rings is 1. The van der Waals surface area contributed by atoms with Gasteiger partial charge in [0.2, 0.25) is 11.8 Å². The largest absolute Gasteiger partial charge is 0.497 e. The topological polar surface area (TPSA) is 170 Å². The Bertz CT molecular complexity index is 2220. The fraction of sp³-hybridized carbons (Fsp3) is 0.479. The van der Waals surface area contributed by atoms with Crippen molar-refractivity contribution in [3.8, 4) is 16.9 Å². The van der Waals surface area contributed by atoms with E-state index in [1.807, 2.05) is 24.3 Å². The minimum absolute atomic E-state index is 0.0132. The van der Waals surface area contributed by atoms with E-state index in [9.17, 15) is 24.0 Å². The molecule has 1 aromatic heterocycles. The summed E-state index contributed by atoms with van der Waals surface area (Å²) in [5.41, 5.74) is 5.81. The lowest BCUT2D eigenvalue weighted by molar-refractivity contribution is -0.139. The molecule has 1 atom stereocenters. The number of fused-ring (bicyclic) bond motifs is 4. The number of carbonyl (C=O) groups is 5. The summed E-state index contributed by atoms with van der Waals surface area (Å²) in [7, 11) is 3.32. The Hall–Kier alpha value is -5.93. The van der Waals surface area contributed by atoms with Crippen molar-refractivity contribution in [1.82, 2.24) is 30.3 Å². The average Bonchev–Trinajstić information content (AvgIpc) is 3.80. The zero-order valence-corrected chi connectivity index (χ0v) is 36.6. The molecule has 3 aromatic carbocycles. The van der Waals surface area contributed by atoms with E-state index < -0.39 is 18.0 Å². The van der Waals surface area contributed by atoms with Gasteiger partial charge in [0.1, 0.15) is 24.1 Å². The molecule has 1 saturated carbocycles. The van der Waals surface area contributed by atoms with E-state index in [1.165, 1.54) is 11.1 Å². The molecule has 0 bridgehead atoms. The smallest absolute Gasteiger partial charge is 0.407 e. The van der Waals surface area contributed by atoms with Gasteiger partial charge in [-0.1, -0.05) is 74.7 Å². The Morgan fingerprint density at radius 1 is 0.762 bits per heavy atom. The highest BCUT2D eigenvalue weighted by molar-refractivity contribution is 6.16. The first-order chi connectivity index (χ1) is 30.7. The lowest BCUT2D eigenvalue weighted by atomic mass is 9.83. The van der Waals surface area contributed by atoms with E-state index in [0.29, 0.717) is 36.2 Å². The maximum Gasteiger partial charge on any atom is 0.407 e. The fourth-order valence-corrected chi connectivity index (χ4v) is 9.15. The number of hydrogen-bond acceptors (Lipinski definition) is 9. The van der Waals surface area contributed by atoms with Crippen LogP contribution in [0.3, 0.4) is 0 Å². The summed E-state index contributed by atoms with van der Waals surface area (Å²) in [6, 6.07) is 21.2. The number of amides is 5. The van der Waals surface area contributed by atoms with E-state index >= 15 is 0 Å². The predicted molar refractivity (Wildman–Crippen MR) is 238 cm³/mol. The first-order valence-electron chi connectivity index (χ1n) is 22.3. The number of nitrogens with zero attached hydrogens (tertiary/aromatic N) is 3. The lowest BCUT2D eigenvalue weighted by Crippen LogP contribution is -2.58. The van der Waals surface area contributed by atoms with E-state index in [1.54, 1.807) is 53.6 Å². The molecule has 1 aliphatic heterocycles. The van der Waals surface area contributed by atoms with Crippen molar-refractivity contribution >= 4 is 40.6 Å². The van der Waals surface area contributed by atoms with Crippen LogP contribution in [0.4, 0.5) is 4.79 Å². The zero-order chi connectivity index (χ0) is 44.3. The Labute approximate surface area is 368 Å². The quantitative estimate of drug-likeness (QED) is 0.113. The van der Waals surface area contributed by atoms with Gasteiger partial charge < -0.3 is 49.3 Å². The van der Waals surface area contributed by atoms with Crippen molar-refractivity contribution in [3.63, 3.8) is 0 Å². The normalized spacial score (nSPS) is 15.7. The van der Waals surface area contributed by atoms with E-state index in [-0.39, 0.29) is 100 Å². The Morgan fingerprint density at radius 2 is 1.38 bits per heavy atom. The third-order valence-electron chi connectivity index (χ3n) is 12.5. The number of aromatic nitrogens is 1. The van der Waals surface area contributed by atoms with Crippen molar-refractivity contribution in [2.75, 3.05) is 79.4 Å². The second-order valence-electron chi connectivity index (χ2n) is 16.3. The second kappa shape index (κ2) is 21.4. The Balaban J connectivity index is 0.853. The van der Waals surface area contributed by atoms with Gasteiger partial charge in [-0.2, -0.15) is 0 Å². The summed E-state index contributed by atoms with van der Waals surface area (Å²) in [6.45, 7) is 4.77. The summed E-state index contributed by atoms with van der Waals surface area (Å²) < 4.78 is 24.1. The lowest BCUT2D eigenvalue weighted by Gasteiger charge is -2.39. The number of alkyl carbamates (subject to hydrolysis) is 1. The van der Waals surface area contributed by atoms with Crippen LogP contribution in [0.15, 0.2) is 66.7 Å². The van der Waals surface area contributed by atoms with Crippen LogP contribution in [0.1, 0.15) is 83.3 Å². The standard InChI is InChI=1S/C48H60N6O9/c1-4-41(55)51-43(32-12-6-5-7-13-32)46(57)53-22-24-54(25-23-53)47(58)44-42(38-19-18-33(60-3)30-40(38)52(44)2)45(56)49-20-26-61-28-29-62-27-21-50-48(59)63-31-39-36-16-10-8-14-34(36)35-15-9-11-17-37(35)39/h8-11,14-19,30,32,39,43H,4-7,12-13,20-29,31H2,1-3H3,(H,49,56)(H,50,59)(H,51,55)/t43-/m0/s1. The molecule has 5 amide bonds. The highest BCUT2D eigenvalue weighted by atomic mass is 16.6. The molecule has 63 heavy (non-hydrogen) atoms. The van der Waals surface area contributed by atoms with Gasteiger partial charge in [0.05, 0.1) is 44.6 Å². The molecule has 336 valence electrons. The van der Waals surface area contributed by atoms with Crippen molar-refractivity contribution in [2.45, 2.75) is 57.4 Å². The molecule has 2 heterocycles. The molecular weight excluding hydrogens is 805 g/mol. The maximum atomic E-state index is 14.3. The van der Waals surface area contributed by atoms with Crippen LogP contribution in [0, 0.1) is 5.92 Å². The monoisotopic (exact) mass is 864 g/mol. The van der Waals surface area contributed by atoms with Crippen LogP contribution in [-0.4, -0.2) is 130 Å². The minimum Gasteiger partial charge on any atom is -0.497 e. The SMILES string of the molecule is CCC(=O)N[C@H](C(=O)N1CCN(C(=O)c2c(C(=O)NCCOCCOCCNC(=O)OCC3c4ccccc4-c4ccccc43)c3ccc(OC)cc3n2C)CC1)C1CCCCC1. The van der Waals surface area contributed by atoms with Gasteiger partial charge in [-0.25, -0.2) is 4.79 Å². The molecule has 0 unspecified atom stereocenters. The molecule has 1 saturated heterocycles. The van der Waals surface area contributed by atoms with Crippen LogP contribution in [0.25, 0.3) is 22.0 Å². The van der Waals surface area contributed by atoms with E-state index in [0.717, 1.165) is 43.2 Å². The number of nitrogens with one attached hydrogen (secondary N) is 3. The zero-order valence-electron chi connectivity index (χ0n) is 36.6. The number of aryl methyl sites for hydroxylation is 1. The van der Waals surface area contributed by atoms with Crippen LogP contribution < -0.4 is 20.7 Å². The van der Waals surface area contributed by atoms with Crippen molar-refractivity contribution in [1.29, 1.82) is 0 Å². The summed E-state index contributed by atoms with van der Waals surface area (Å²) in [5.74, 6) is -0.273. The molecule has 3 N–H and O–H groups in total. The van der Waals surface area contributed by atoms with E-state index in [2.05, 4.69) is 40.2 Å². The predicted octanol–water partition coefficient (Wildman–Crippen LogP) is 5.25. The van der Waals surface area contributed by atoms with Gasteiger partial charge >= 0.3 is 6.09 Å². The number of carbonyl (C=O) groups excluding carboxylic acids is 5. The fourth-order valence-electron chi connectivity index (χ4n) is 9.15. The Kier molecular flexibility index (Phi) is 15.3. The van der Waals surface area contributed by atoms with Crippen LogP contribution in [-0.2, 0) is 30.8 Å². The van der Waals surface area contributed by atoms with Gasteiger partial charge in [0.15, 0.2) is 0 Å². The van der Waals surface area contributed by atoms with Gasteiger partial charge in [0.25, 0.3) is 11.8 Å². The summed E-state index contributed by atoms with van der Waals surface area (Å²) >= 11 is 0. The number of methoxy groups -OCH3 is 1. The molecule has 2 aliphatic carbocycles. The molecule has 0 radical (unpaired) electrons. The van der Waals surface area contributed by atoms with E-state index in [4.69, 9.17) is 18.9 Å². The van der Waals surface area contributed by atoms with Crippen LogP contribution in [0.5, 0.6) is 5.75 Å². The van der Waals surface area contributed by atoms with Gasteiger partial charge in [-0.3, -0.25) is 19.2 Å². The molecule has 0 spiro atoms. The number of rotatable bonds is 18. The number of hydrogen-bond donors (Lipinski definition) is 3. The van der Waals surface area contributed by atoms with Gasteiger partial charge in [0, 0.05) is 70.1 Å². The van der Waals surface area contributed by atoms with Crippen molar-refractivity contribution in [3.05, 3.63) is 89.1 Å². The minimum atomic E-state index is -0.564. The third kappa shape index (κ3) is 10.5. The van der Waals surface area contributed by atoms with Crippen LogP contribution in [0.2, 0.25) is 0 Å². The third-order valence-corrected chi connectivity index (χ3v) is 12.5. The molecule has 15 nitrogen and oxygen atoms in total. The second-order valence-corrected chi connectivity index (χ2v) is 16.3. The number of benzene rings is 3. The van der Waals surface area contributed by atoms with Crippen molar-refractivity contribution < 1.29 is 42.9 Å². The first-order valence-corrected chi connectivity index (χ1v) is 22.3. The Morgan fingerprint density at radius 3 is 2.02 bits per heavy atom. The molecule has 4 aromatic rings. The van der Waals surface area contributed by atoms with Crippen molar-refractivity contribution in [2.24, 2.45) is 13.0 Å².